The Morgan fingerprint density at radius 1 is 1.32 bits per heavy atom. The van der Waals surface area contributed by atoms with Crippen LogP contribution in [0, 0.1) is 0 Å². The van der Waals surface area contributed by atoms with E-state index < -0.39 is 0 Å². The van der Waals surface area contributed by atoms with E-state index in [0.717, 1.165) is 5.69 Å². The summed E-state index contributed by atoms with van der Waals surface area (Å²) in [5.41, 5.74) is 6.50. The fourth-order valence-corrected chi connectivity index (χ4v) is 1.64. The average molecular weight is 258 g/mol. The highest BCUT2D eigenvalue weighted by molar-refractivity contribution is 5.92. The number of anilines is 2. The van der Waals surface area contributed by atoms with Gasteiger partial charge in [0.1, 0.15) is 6.54 Å². The Kier molecular flexibility index (Phi) is 3.61. The van der Waals surface area contributed by atoms with Gasteiger partial charge in [-0.3, -0.25) is 14.6 Å². The van der Waals surface area contributed by atoms with Crippen LogP contribution in [0.1, 0.15) is 0 Å². The van der Waals surface area contributed by atoms with E-state index >= 15 is 0 Å². The monoisotopic (exact) mass is 258 g/mol. The van der Waals surface area contributed by atoms with Crippen molar-refractivity contribution in [3.05, 3.63) is 53.2 Å². The fraction of sp³-hybridized carbons (Fsp3) is 0.154. The van der Waals surface area contributed by atoms with Crippen LogP contribution in [0.2, 0.25) is 0 Å². The van der Waals surface area contributed by atoms with E-state index in [9.17, 15) is 9.59 Å². The number of carbonyl (C=O) groups excluding carboxylic acids is 1. The Bertz CT molecular complexity index is 637. The zero-order valence-electron chi connectivity index (χ0n) is 10.5. The first kappa shape index (κ1) is 12.8. The second-order valence-electron chi connectivity index (χ2n) is 4.09. The Hall–Kier alpha value is -2.63. The van der Waals surface area contributed by atoms with Crippen molar-refractivity contribution >= 4 is 17.3 Å². The van der Waals surface area contributed by atoms with Crippen molar-refractivity contribution in [1.29, 1.82) is 0 Å². The van der Waals surface area contributed by atoms with Crippen molar-refractivity contribution in [1.82, 2.24) is 9.55 Å². The van der Waals surface area contributed by atoms with Gasteiger partial charge in [0.15, 0.2) is 0 Å². The fourth-order valence-electron chi connectivity index (χ4n) is 1.64. The van der Waals surface area contributed by atoms with Crippen LogP contribution >= 0.6 is 0 Å². The number of nitrogens with zero attached hydrogens (tertiary/aromatic N) is 3. The molecular weight excluding hydrogens is 244 g/mol. The van der Waals surface area contributed by atoms with Gasteiger partial charge in [-0.1, -0.05) is 0 Å². The van der Waals surface area contributed by atoms with Crippen molar-refractivity contribution in [3.63, 3.8) is 0 Å². The van der Waals surface area contributed by atoms with Crippen molar-refractivity contribution in [3.8, 4) is 0 Å². The lowest BCUT2D eigenvalue weighted by molar-refractivity contribution is -0.118. The second kappa shape index (κ2) is 5.34. The summed E-state index contributed by atoms with van der Waals surface area (Å²) in [7, 11) is 1.65. The number of rotatable bonds is 3. The highest BCUT2D eigenvalue weighted by atomic mass is 16.2. The molecule has 0 aliphatic heterocycles. The number of aromatic nitrogens is 2. The molecule has 98 valence electrons. The topological polar surface area (TPSA) is 81.2 Å². The summed E-state index contributed by atoms with van der Waals surface area (Å²) in [5.74, 6) is -0.209. The molecule has 1 amide bonds. The lowest BCUT2D eigenvalue weighted by Crippen LogP contribution is -2.33. The van der Waals surface area contributed by atoms with Crippen LogP contribution in [0.15, 0.2) is 47.7 Å². The van der Waals surface area contributed by atoms with Crippen LogP contribution in [-0.2, 0) is 11.3 Å². The molecule has 0 saturated carbocycles. The first-order valence-electron chi connectivity index (χ1n) is 5.70. The molecule has 2 N–H and O–H groups in total. The summed E-state index contributed by atoms with van der Waals surface area (Å²) >= 11 is 0. The summed E-state index contributed by atoms with van der Waals surface area (Å²) in [4.78, 5) is 29.0. The Balaban J connectivity index is 2.17. The van der Waals surface area contributed by atoms with E-state index in [1.807, 2.05) is 0 Å². The molecule has 2 aromatic heterocycles. The number of nitrogen functional groups attached to an aromatic ring is 1. The Morgan fingerprint density at radius 2 is 2.00 bits per heavy atom. The first-order chi connectivity index (χ1) is 9.08. The van der Waals surface area contributed by atoms with E-state index in [4.69, 9.17) is 5.73 Å². The Labute approximate surface area is 110 Å². The number of amides is 1. The van der Waals surface area contributed by atoms with E-state index in [1.165, 1.54) is 27.8 Å². The van der Waals surface area contributed by atoms with Crippen molar-refractivity contribution < 1.29 is 4.79 Å². The molecule has 0 fully saturated rings. The smallest absolute Gasteiger partial charge is 0.251 e. The van der Waals surface area contributed by atoms with Gasteiger partial charge in [0, 0.05) is 43.1 Å². The van der Waals surface area contributed by atoms with Gasteiger partial charge in [-0.2, -0.15) is 0 Å². The van der Waals surface area contributed by atoms with Crippen molar-refractivity contribution in [2.45, 2.75) is 6.54 Å². The lowest BCUT2D eigenvalue weighted by atomic mass is 10.3. The third kappa shape index (κ3) is 2.98. The van der Waals surface area contributed by atoms with Gasteiger partial charge in [0.05, 0.1) is 0 Å². The highest BCUT2D eigenvalue weighted by Gasteiger charge is 2.12. The maximum absolute atomic E-state index is 12.1. The molecule has 0 aliphatic rings. The molecular formula is C13H14N4O2. The summed E-state index contributed by atoms with van der Waals surface area (Å²) in [6.45, 7) is -0.0529. The van der Waals surface area contributed by atoms with Gasteiger partial charge in [-0.25, -0.2) is 0 Å². The molecule has 2 aromatic rings. The lowest BCUT2D eigenvalue weighted by Gasteiger charge is -2.17. The quantitative estimate of drug-likeness (QED) is 0.868. The SMILES string of the molecule is CN(C(=O)Cn1cc(N)ccc1=O)c1ccncc1. The molecule has 0 spiro atoms. The maximum Gasteiger partial charge on any atom is 0.251 e. The first-order valence-corrected chi connectivity index (χ1v) is 5.70. The van der Waals surface area contributed by atoms with Crippen molar-refractivity contribution in [2.24, 2.45) is 0 Å². The van der Waals surface area contributed by atoms with Gasteiger partial charge in [-0.15, -0.1) is 0 Å². The van der Waals surface area contributed by atoms with E-state index in [2.05, 4.69) is 4.98 Å². The van der Waals surface area contributed by atoms with Crippen LogP contribution in [0.3, 0.4) is 0 Å². The van der Waals surface area contributed by atoms with Crippen LogP contribution in [-0.4, -0.2) is 22.5 Å². The largest absolute Gasteiger partial charge is 0.398 e. The zero-order valence-corrected chi connectivity index (χ0v) is 10.5. The summed E-state index contributed by atoms with van der Waals surface area (Å²) in [6, 6.07) is 6.30. The number of pyridine rings is 2. The van der Waals surface area contributed by atoms with Gasteiger partial charge in [0.2, 0.25) is 5.91 Å². The predicted molar refractivity (Wildman–Crippen MR) is 72.8 cm³/mol. The van der Waals surface area contributed by atoms with Gasteiger partial charge >= 0.3 is 0 Å². The highest BCUT2D eigenvalue weighted by Crippen LogP contribution is 2.10. The van der Waals surface area contributed by atoms with Crippen LogP contribution in [0.25, 0.3) is 0 Å². The number of hydrogen-bond acceptors (Lipinski definition) is 4. The normalized spacial score (nSPS) is 10.2. The van der Waals surface area contributed by atoms with Crippen LogP contribution in [0.5, 0.6) is 0 Å². The third-order valence-corrected chi connectivity index (χ3v) is 2.74. The zero-order chi connectivity index (χ0) is 13.8. The number of likely N-dealkylation sites (N-methyl/N-ethyl adjacent to an activating group) is 1. The molecule has 0 unspecified atom stereocenters. The number of nitrogens with two attached hydrogens (primary N) is 1. The van der Waals surface area contributed by atoms with E-state index in [0.29, 0.717) is 5.69 Å². The van der Waals surface area contributed by atoms with Gasteiger partial charge in [0.25, 0.3) is 5.56 Å². The van der Waals surface area contributed by atoms with Crippen LogP contribution < -0.4 is 16.2 Å². The van der Waals surface area contributed by atoms with E-state index in [1.54, 1.807) is 31.6 Å². The minimum atomic E-state index is -0.259. The average Bonchev–Trinajstić information content (AvgIpc) is 2.43. The predicted octanol–water partition coefficient (Wildman–Crippen LogP) is 0.488. The molecule has 0 saturated heterocycles. The summed E-state index contributed by atoms with van der Waals surface area (Å²) in [6.07, 6.45) is 4.66. The second-order valence-corrected chi connectivity index (χ2v) is 4.09. The molecule has 6 heteroatoms. The number of hydrogen-bond donors (Lipinski definition) is 1. The van der Waals surface area contributed by atoms with Gasteiger partial charge < -0.3 is 15.2 Å². The molecule has 19 heavy (non-hydrogen) atoms. The minimum absolute atomic E-state index is 0.0529. The number of carbonyl (C=O) groups is 1. The minimum Gasteiger partial charge on any atom is -0.398 e. The molecule has 0 radical (unpaired) electrons. The van der Waals surface area contributed by atoms with Crippen LogP contribution in [0.4, 0.5) is 11.4 Å². The summed E-state index contributed by atoms with van der Waals surface area (Å²) in [5, 5.41) is 0. The molecule has 0 aromatic carbocycles. The summed E-state index contributed by atoms with van der Waals surface area (Å²) < 4.78 is 1.29. The molecule has 0 bridgehead atoms. The maximum atomic E-state index is 12.1. The Morgan fingerprint density at radius 3 is 2.68 bits per heavy atom. The van der Waals surface area contributed by atoms with Gasteiger partial charge in [-0.05, 0) is 18.2 Å². The van der Waals surface area contributed by atoms with Crippen molar-refractivity contribution in [2.75, 3.05) is 17.7 Å². The standard InChI is InChI=1S/C13H14N4O2/c1-16(11-4-6-15-7-5-11)13(19)9-17-8-10(14)2-3-12(17)18/h2-8H,9,14H2,1H3. The molecule has 0 atom stereocenters. The molecule has 2 heterocycles. The molecule has 0 aliphatic carbocycles. The molecule has 6 nitrogen and oxygen atoms in total. The van der Waals surface area contributed by atoms with E-state index in [-0.39, 0.29) is 18.0 Å². The third-order valence-electron chi connectivity index (χ3n) is 2.74. The molecule has 2 rings (SSSR count).